The summed E-state index contributed by atoms with van der Waals surface area (Å²) in [5.74, 6) is 0. The van der Waals surface area contributed by atoms with E-state index in [0.29, 0.717) is 13.2 Å². The summed E-state index contributed by atoms with van der Waals surface area (Å²) in [7, 11) is 7.34. The molecule has 1 aromatic carbocycles. The Morgan fingerprint density at radius 2 is 1.53 bits per heavy atom. The van der Waals surface area contributed by atoms with E-state index in [1.165, 1.54) is 10.6 Å². The van der Waals surface area contributed by atoms with Gasteiger partial charge in [0.05, 0.1) is 13.2 Å². The van der Waals surface area contributed by atoms with Crippen molar-refractivity contribution in [2.45, 2.75) is 39.5 Å². The van der Waals surface area contributed by atoms with Crippen molar-refractivity contribution in [3.8, 4) is 0 Å². The molecule has 5 heteroatoms. The van der Waals surface area contributed by atoms with Crippen LogP contribution in [-0.4, -0.2) is 13.2 Å². The standard InChI is InChI=1S/C14H23ClO2PS/c1-3-5-12-16-18(19-15,17-13-6-4-2)14-10-8-7-9-11-14/h7-11H,3-6,12-13H2,1-2H3/q+1. The Morgan fingerprint density at radius 3 is 1.95 bits per heavy atom. The third-order valence-corrected chi connectivity index (χ3v) is 8.28. The lowest BCUT2D eigenvalue weighted by Crippen LogP contribution is -2.14. The second kappa shape index (κ2) is 10.0. The van der Waals surface area contributed by atoms with Crippen LogP contribution in [0.2, 0.25) is 0 Å². The molecule has 0 radical (unpaired) electrons. The van der Waals surface area contributed by atoms with E-state index >= 15 is 0 Å². The summed E-state index contributed by atoms with van der Waals surface area (Å²) in [6, 6.07) is 10.1. The highest BCUT2D eigenvalue weighted by atomic mass is 35.7. The number of unbranched alkanes of at least 4 members (excludes halogenated alkanes) is 2. The molecule has 0 amide bonds. The summed E-state index contributed by atoms with van der Waals surface area (Å²) in [6.45, 7) is 3.49. The van der Waals surface area contributed by atoms with Crippen molar-refractivity contribution >= 4 is 33.5 Å². The van der Waals surface area contributed by atoms with E-state index in [2.05, 4.69) is 13.8 Å². The van der Waals surface area contributed by atoms with Gasteiger partial charge in [-0.2, -0.15) is 9.05 Å². The van der Waals surface area contributed by atoms with Crippen LogP contribution in [0.4, 0.5) is 0 Å². The molecule has 108 valence electrons. The Kier molecular flexibility index (Phi) is 9.10. The van der Waals surface area contributed by atoms with Crippen LogP contribution in [0, 0.1) is 0 Å². The van der Waals surface area contributed by atoms with E-state index in [4.69, 9.17) is 19.7 Å². The summed E-state index contributed by atoms with van der Waals surface area (Å²) in [6.07, 6.45) is 4.28. The highest BCUT2D eigenvalue weighted by Gasteiger charge is 2.47. The summed E-state index contributed by atoms with van der Waals surface area (Å²) in [5, 5.41) is 1.07. The maximum Gasteiger partial charge on any atom is 0.383 e. The molecule has 0 spiro atoms. The Labute approximate surface area is 126 Å². The molecule has 0 aliphatic rings. The van der Waals surface area contributed by atoms with Gasteiger partial charge in [0.2, 0.25) is 0 Å². The Hall–Kier alpha value is 0.210. The Morgan fingerprint density at radius 1 is 1.00 bits per heavy atom. The van der Waals surface area contributed by atoms with Crippen LogP contribution in [0.25, 0.3) is 0 Å². The summed E-state index contributed by atoms with van der Waals surface area (Å²) in [4.78, 5) is 0. The van der Waals surface area contributed by atoms with Crippen LogP contribution < -0.4 is 5.30 Å². The molecule has 0 N–H and O–H groups in total. The molecule has 0 aromatic heterocycles. The predicted octanol–water partition coefficient (Wildman–Crippen LogP) is 5.59. The van der Waals surface area contributed by atoms with E-state index in [1.807, 2.05) is 30.3 Å². The van der Waals surface area contributed by atoms with Gasteiger partial charge in [0.25, 0.3) is 0 Å². The molecular formula is C14H23ClO2PS+. The Balaban J connectivity index is 2.79. The van der Waals surface area contributed by atoms with Crippen molar-refractivity contribution < 1.29 is 9.05 Å². The molecule has 1 rings (SSSR count). The van der Waals surface area contributed by atoms with E-state index in [-0.39, 0.29) is 0 Å². The molecule has 0 aliphatic carbocycles. The minimum absolute atomic E-state index is 0.699. The molecule has 2 nitrogen and oxygen atoms in total. The second-order valence-electron chi connectivity index (χ2n) is 4.28. The molecule has 0 unspecified atom stereocenters. The van der Waals surface area contributed by atoms with Gasteiger partial charge in [-0.15, -0.1) is 0 Å². The fraction of sp³-hybridized carbons (Fsp3) is 0.571. The van der Waals surface area contributed by atoms with E-state index in [0.717, 1.165) is 31.0 Å². The number of rotatable bonds is 10. The average Bonchev–Trinajstić information content (AvgIpc) is 2.47. The van der Waals surface area contributed by atoms with Gasteiger partial charge in [-0.25, -0.2) is 0 Å². The van der Waals surface area contributed by atoms with Crippen LogP contribution in [0.1, 0.15) is 39.5 Å². The van der Waals surface area contributed by atoms with Crippen molar-refractivity contribution in [2.24, 2.45) is 0 Å². The molecule has 0 bridgehead atoms. The van der Waals surface area contributed by atoms with E-state index in [1.54, 1.807) is 0 Å². The predicted molar refractivity (Wildman–Crippen MR) is 88.2 cm³/mol. The SMILES string of the molecule is CCCCO[P+](OCCCC)(SCl)c1ccccc1. The van der Waals surface area contributed by atoms with Crippen molar-refractivity contribution in [1.82, 2.24) is 0 Å². The van der Waals surface area contributed by atoms with Crippen LogP contribution in [0.15, 0.2) is 30.3 Å². The summed E-state index contributed by atoms with van der Waals surface area (Å²) >= 11 is 0. The zero-order valence-electron chi connectivity index (χ0n) is 11.7. The molecule has 0 heterocycles. The molecule has 0 atom stereocenters. The van der Waals surface area contributed by atoms with Gasteiger partial charge in [-0.3, -0.25) is 0 Å². The minimum atomic E-state index is -2.21. The first-order chi connectivity index (χ1) is 9.29. The molecule has 0 aliphatic heterocycles. The smallest absolute Gasteiger partial charge is 0.188 e. The number of benzene rings is 1. The quantitative estimate of drug-likeness (QED) is 0.413. The maximum atomic E-state index is 6.13. The van der Waals surface area contributed by atoms with Crippen molar-refractivity contribution in [2.75, 3.05) is 13.2 Å². The topological polar surface area (TPSA) is 18.5 Å². The monoisotopic (exact) mass is 321 g/mol. The number of hydrogen-bond acceptors (Lipinski definition) is 3. The van der Waals surface area contributed by atoms with Gasteiger partial charge in [0.15, 0.2) is 15.9 Å². The Bertz CT molecular complexity index is 327. The lowest BCUT2D eigenvalue weighted by atomic mass is 10.4. The maximum absolute atomic E-state index is 6.13. The first kappa shape index (κ1) is 17.3. The fourth-order valence-electron chi connectivity index (χ4n) is 1.53. The lowest BCUT2D eigenvalue weighted by molar-refractivity contribution is 0.245. The molecular weight excluding hydrogens is 299 g/mol. The lowest BCUT2D eigenvalue weighted by Gasteiger charge is -2.19. The van der Waals surface area contributed by atoms with Crippen LogP contribution in [0.3, 0.4) is 0 Å². The summed E-state index contributed by atoms with van der Waals surface area (Å²) in [5.41, 5.74) is 0. The van der Waals surface area contributed by atoms with Gasteiger partial charge >= 0.3 is 6.92 Å². The first-order valence-electron chi connectivity index (χ1n) is 6.83. The molecule has 19 heavy (non-hydrogen) atoms. The average molecular weight is 322 g/mol. The molecule has 0 saturated heterocycles. The van der Waals surface area contributed by atoms with Gasteiger partial charge in [0, 0.05) is 10.7 Å². The van der Waals surface area contributed by atoms with Crippen LogP contribution >= 0.6 is 28.2 Å². The minimum Gasteiger partial charge on any atom is -0.188 e. The van der Waals surface area contributed by atoms with Crippen LogP contribution in [0.5, 0.6) is 0 Å². The van der Waals surface area contributed by atoms with Crippen molar-refractivity contribution in [3.05, 3.63) is 30.3 Å². The largest absolute Gasteiger partial charge is 0.383 e. The number of halogens is 1. The molecule has 0 saturated carbocycles. The van der Waals surface area contributed by atoms with Gasteiger partial charge in [-0.05, 0) is 25.0 Å². The highest BCUT2D eigenvalue weighted by molar-refractivity contribution is 8.71. The third-order valence-electron chi connectivity index (χ3n) is 2.68. The zero-order chi connectivity index (χ0) is 14.0. The number of hydrogen-bond donors (Lipinski definition) is 0. The third kappa shape index (κ3) is 5.61. The molecule has 0 fully saturated rings. The fourth-order valence-corrected chi connectivity index (χ4v) is 6.07. The first-order valence-corrected chi connectivity index (χ1v) is 10.7. The van der Waals surface area contributed by atoms with Gasteiger partial charge in [0.1, 0.15) is 0 Å². The van der Waals surface area contributed by atoms with Crippen LogP contribution in [-0.2, 0) is 9.05 Å². The second-order valence-corrected chi connectivity index (χ2v) is 9.54. The highest BCUT2D eigenvalue weighted by Crippen LogP contribution is 2.72. The van der Waals surface area contributed by atoms with Gasteiger partial charge in [-0.1, -0.05) is 44.9 Å². The van der Waals surface area contributed by atoms with Crippen molar-refractivity contribution in [3.63, 3.8) is 0 Å². The zero-order valence-corrected chi connectivity index (χ0v) is 14.1. The van der Waals surface area contributed by atoms with Gasteiger partial charge < -0.3 is 0 Å². The summed E-state index contributed by atoms with van der Waals surface area (Å²) < 4.78 is 12.1. The van der Waals surface area contributed by atoms with E-state index in [9.17, 15) is 0 Å². The van der Waals surface area contributed by atoms with E-state index < -0.39 is 6.92 Å². The molecule has 1 aromatic rings. The normalized spacial score (nSPS) is 11.7. The van der Waals surface area contributed by atoms with Crippen molar-refractivity contribution in [1.29, 1.82) is 0 Å².